The van der Waals surface area contributed by atoms with Gasteiger partial charge in [-0.25, -0.2) is 8.42 Å². The lowest BCUT2D eigenvalue weighted by atomic mass is 9.99. The molecule has 0 saturated heterocycles. The van der Waals surface area contributed by atoms with Crippen molar-refractivity contribution >= 4 is 27.3 Å². The van der Waals surface area contributed by atoms with Crippen molar-refractivity contribution in [2.45, 2.75) is 44.8 Å². The van der Waals surface area contributed by atoms with Crippen molar-refractivity contribution in [3.05, 3.63) is 59.2 Å². The molecule has 2 aromatic carbocycles. The molecule has 1 heterocycles. The van der Waals surface area contributed by atoms with Gasteiger partial charge < -0.3 is 4.90 Å². The molecular formula is C22H26N2O3S. The Balaban J connectivity index is 1.59. The summed E-state index contributed by atoms with van der Waals surface area (Å²) in [6, 6.07) is 13.3. The van der Waals surface area contributed by atoms with Crippen molar-refractivity contribution in [1.29, 1.82) is 0 Å². The molecule has 6 heteroatoms. The van der Waals surface area contributed by atoms with Gasteiger partial charge in [-0.1, -0.05) is 43.3 Å². The quantitative estimate of drug-likeness (QED) is 0.770. The lowest BCUT2D eigenvalue weighted by Gasteiger charge is -2.31. The Morgan fingerprint density at radius 1 is 1.04 bits per heavy atom. The number of fused-ring (bicyclic) bond motifs is 1. The number of nitrogens with zero attached hydrogens (tertiary/aromatic N) is 1. The van der Waals surface area contributed by atoms with Gasteiger partial charge in [0.05, 0.1) is 17.1 Å². The standard InChI is InChI=1S/C22H26N2O3S/c1-2-16-6-10-18(11-7-16)15-28(26,27)23-20-5-3-4-19-12-13-21(25)24(22(19)20)14-17-8-9-17/h3-7,10-11,17,23H,2,8-9,12-15H2,1H3. The Morgan fingerprint density at radius 3 is 2.43 bits per heavy atom. The second-order valence-corrected chi connectivity index (χ2v) is 9.51. The first-order valence-electron chi connectivity index (χ1n) is 9.96. The lowest BCUT2D eigenvalue weighted by molar-refractivity contribution is -0.118. The maximum atomic E-state index is 12.8. The van der Waals surface area contributed by atoms with Crippen molar-refractivity contribution in [3.8, 4) is 0 Å². The summed E-state index contributed by atoms with van der Waals surface area (Å²) in [7, 11) is -3.58. The SMILES string of the molecule is CCc1ccc(CS(=O)(=O)Nc2cccc3c2N(CC2CC2)C(=O)CC3)cc1. The predicted octanol–water partition coefficient (Wildman–Crippen LogP) is 3.88. The number of aryl methyl sites for hydroxylation is 2. The normalized spacial score (nSPS) is 16.8. The third-order valence-electron chi connectivity index (χ3n) is 5.49. The molecule has 0 unspecified atom stereocenters. The first-order valence-corrected chi connectivity index (χ1v) is 11.6. The van der Waals surface area contributed by atoms with E-state index < -0.39 is 10.0 Å². The highest BCUT2D eigenvalue weighted by atomic mass is 32.2. The molecule has 0 bridgehead atoms. The van der Waals surface area contributed by atoms with Crippen LogP contribution in [0.4, 0.5) is 11.4 Å². The van der Waals surface area contributed by atoms with Crippen LogP contribution < -0.4 is 9.62 Å². The molecule has 1 N–H and O–H groups in total. The van der Waals surface area contributed by atoms with E-state index in [4.69, 9.17) is 0 Å². The smallest absolute Gasteiger partial charge is 0.236 e. The minimum Gasteiger partial charge on any atom is -0.310 e. The molecule has 5 nitrogen and oxygen atoms in total. The van der Waals surface area contributed by atoms with E-state index in [-0.39, 0.29) is 11.7 Å². The van der Waals surface area contributed by atoms with Crippen molar-refractivity contribution in [3.63, 3.8) is 0 Å². The van der Waals surface area contributed by atoms with E-state index in [1.54, 1.807) is 11.0 Å². The molecule has 1 saturated carbocycles. The molecule has 2 aromatic rings. The van der Waals surface area contributed by atoms with Crippen LogP contribution in [0.2, 0.25) is 0 Å². The van der Waals surface area contributed by atoms with Gasteiger partial charge in [-0.05, 0) is 54.4 Å². The van der Waals surface area contributed by atoms with Gasteiger partial charge in [0.15, 0.2) is 0 Å². The maximum Gasteiger partial charge on any atom is 0.236 e. The van der Waals surface area contributed by atoms with Gasteiger partial charge in [-0.15, -0.1) is 0 Å². The first kappa shape index (κ1) is 19.0. The summed E-state index contributed by atoms with van der Waals surface area (Å²) in [5.74, 6) is 0.537. The summed E-state index contributed by atoms with van der Waals surface area (Å²) in [5, 5.41) is 0. The Bertz CT molecular complexity index is 979. The van der Waals surface area contributed by atoms with Crippen LogP contribution in [-0.4, -0.2) is 20.9 Å². The minimum absolute atomic E-state index is 0.0844. The fraction of sp³-hybridized carbons (Fsp3) is 0.409. The third kappa shape index (κ3) is 4.22. The molecule has 0 radical (unpaired) electrons. The highest BCUT2D eigenvalue weighted by Crippen LogP contribution is 2.39. The van der Waals surface area contributed by atoms with Gasteiger partial charge in [-0.2, -0.15) is 0 Å². The third-order valence-corrected chi connectivity index (χ3v) is 6.73. The van der Waals surface area contributed by atoms with Crippen molar-refractivity contribution in [2.24, 2.45) is 5.92 Å². The Hall–Kier alpha value is -2.34. The predicted molar refractivity (Wildman–Crippen MR) is 112 cm³/mol. The molecule has 0 aromatic heterocycles. The van der Waals surface area contributed by atoms with E-state index in [1.807, 2.05) is 36.4 Å². The van der Waals surface area contributed by atoms with E-state index in [0.717, 1.165) is 36.1 Å². The highest BCUT2D eigenvalue weighted by Gasteiger charge is 2.33. The molecule has 1 fully saturated rings. The number of para-hydroxylation sites is 1. The fourth-order valence-electron chi connectivity index (χ4n) is 3.74. The second kappa shape index (κ2) is 7.59. The number of sulfonamides is 1. The van der Waals surface area contributed by atoms with Gasteiger partial charge in [0.1, 0.15) is 0 Å². The van der Waals surface area contributed by atoms with Crippen LogP contribution >= 0.6 is 0 Å². The average Bonchev–Trinajstić information content (AvgIpc) is 3.48. The fourth-order valence-corrected chi connectivity index (χ4v) is 4.94. The lowest BCUT2D eigenvalue weighted by Crippen LogP contribution is -2.37. The van der Waals surface area contributed by atoms with Gasteiger partial charge in [0.25, 0.3) is 0 Å². The van der Waals surface area contributed by atoms with Crippen LogP contribution in [0.5, 0.6) is 0 Å². The zero-order valence-electron chi connectivity index (χ0n) is 16.1. The molecule has 148 valence electrons. The summed E-state index contributed by atoms with van der Waals surface area (Å²) in [4.78, 5) is 14.3. The number of nitrogens with one attached hydrogen (secondary N) is 1. The largest absolute Gasteiger partial charge is 0.310 e. The summed E-state index contributed by atoms with van der Waals surface area (Å²) >= 11 is 0. The van der Waals surface area contributed by atoms with Crippen LogP contribution in [-0.2, 0) is 33.4 Å². The van der Waals surface area contributed by atoms with Gasteiger partial charge in [0.2, 0.25) is 15.9 Å². The molecular weight excluding hydrogens is 372 g/mol. The molecule has 0 atom stereocenters. The molecule has 1 amide bonds. The summed E-state index contributed by atoms with van der Waals surface area (Å²) in [6.07, 6.45) is 4.34. The van der Waals surface area contributed by atoms with Crippen LogP contribution in [0.1, 0.15) is 42.9 Å². The van der Waals surface area contributed by atoms with Crippen LogP contribution in [0.15, 0.2) is 42.5 Å². The van der Waals surface area contributed by atoms with Crippen molar-refractivity contribution in [1.82, 2.24) is 0 Å². The average molecular weight is 399 g/mol. The number of carbonyl (C=O) groups is 1. The number of benzene rings is 2. The number of hydrogen-bond donors (Lipinski definition) is 1. The Kier molecular flexibility index (Phi) is 5.15. The van der Waals surface area contributed by atoms with E-state index in [1.165, 1.54) is 5.56 Å². The highest BCUT2D eigenvalue weighted by molar-refractivity contribution is 7.91. The number of hydrogen-bond acceptors (Lipinski definition) is 3. The maximum absolute atomic E-state index is 12.8. The van der Waals surface area contributed by atoms with E-state index in [9.17, 15) is 13.2 Å². The molecule has 0 spiro atoms. The number of carbonyl (C=O) groups excluding carboxylic acids is 1. The monoisotopic (exact) mass is 398 g/mol. The van der Waals surface area contributed by atoms with Crippen LogP contribution in [0.25, 0.3) is 0 Å². The van der Waals surface area contributed by atoms with Crippen molar-refractivity contribution < 1.29 is 13.2 Å². The van der Waals surface area contributed by atoms with Gasteiger partial charge in [-0.3, -0.25) is 9.52 Å². The topological polar surface area (TPSA) is 66.5 Å². The summed E-state index contributed by atoms with van der Waals surface area (Å²) < 4.78 is 28.4. The minimum atomic E-state index is -3.58. The second-order valence-electron chi connectivity index (χ2n) is 7.79. The first-order chi connectivity index (χ1) is 13.4. The zero-order valence-corrected chi connectivity index (χ0v) is 17.0. The van der Waals surface area contributed by atoms with E-state index >= 15 is 0 Å². The van der Waals surface area contributed by atoms with Gasteiger partial charge in [0, 0.05) is 13.0 Å². The molecule has 1 aliphatic carbocycles. The molecule has 28 heavy (non-hydrogen) atoms. The summed E-state index contributed by atoms with van der Waals surface area (Å²) in [5.41, 5.74) is 4.22. The van der Waals surface area contributed by atoms with Crippen molar-refractivity contribution in [2.75, 3.05) is 16.2 Å². The molecule has 4 rings (SSSR count). The number of rotatable bonds is 7. The number of anilines is 2. The van der Waals surface area contributed by atoms with Crippen LogP contribution in [0.3, 0.4) is 0 Å². The Morgan fingerprint density at radius 2 is 1.75 bits per heavy atom. The molecule has 1 aliphatic heterocycles. The van der Waals surface area contributed by atoms with Gasteiger partial charge >= 0.3 is 0 Å². The Labute approximate surface area is 166 Å². The van der Waals surface area contributed by atoms with E-state index in [0.29, 0.717) is 31.0 Å². The number of amides is 1. The van der Waals surface area contributed by atoms with E-state index in [2.05, 4.69) is 11.6 Å². The molecule has 2 aliphatic rings. The summed E-state index contributed by atoms with van der Waals surface area (Å²) in [6.45, 7) is 2.75. The zero-order chi connectivity index (χ0) is 19.7. The van der Waals surface area contributed by atoms with Crippen LogP contribution in [0, 0.1) is 5.92 Å².